The van der Waals surface area contributed by atoms with Crippen LogP contribution in [-0.4, -0.2) is 47.5 Å². The number of hydrogen-bond acceptors (Lipinski definition) is 4. The van der Waals surface area contributed by atoms with Crippen molar-refractivity contribution in [2.45, 2.75) is 38.6 Å². The minimum absolute atomic E-state index is 0.134. The first kappa shape index (κ1) is 14.5. The van der Waals surface area contributed by atoms with Crippen LogP contribution in [-0.2, 0) is 19.1 Å². The molecule has 0 bridgehead atoms. The molecule has 1 saturated heterocycles. The highest BCUT2D eigenvalue weighted by atomic mass is 16.5. The molecule has 0 spiro atoms. The van der Waals surface area contributed by atoms with Gasteiger partial charge in [-0.2, -0.15) is 0 Å². The van der Waals surface area contributed by atoms with Gasteiger partial charge in [-0.25, -0.2) is 0 Å². The van der Waals surface area contributed by atoms with Gasteiger partial charge in [0.1, 0.15) is 5.92 Å². The second-order valence-electron chi connectivity index (χ2n) is 4.52. The van der Waals surface area contributed by atoms with Crippen molar-refractivity contribution in [1.29, 1.82) is 0 Å². The van der Waals surface area contributed by atoms with Gasteiger partial charge in [0, 0.05) is 12.6 Å². The van der Waals surface area contributed by atoms with Gasteiger partial charge in [0.25, 0.3) is 0 Å². The van der Waals surface area contributed by atoms with Gasteiger partial charge in [0.2, 0.25) is 5.91 Å². The molecule has 2 atom stereocenters. The van der Waals surface area contributed by atoms with E-state index in [2.05, 4.69) is 4.74 Å². The van der Waals surface area contributed by atoms with Crippen molar-refractivity contribution in [3.8, 4) is 0 Å². The Morgan fingerprint density at radius 1 is 1.39 bits per heavy atom. The van der Waals surface area contributed by atoms with Crippen LogP contribution in [0.5, 0.6) is 0 Å². The number of amides is 1. The fourth-order valence-corrected chi connectivity index (χ4v) is 2.13. The summed E-state index contributed by atoms with van der Waals surface area (Å²) in [6.07, 6.45) is 2.63. The molecule has 1 fully saturated rings. The largest absolute Gasteiger partial charge is 0.481 e. The minimum atomic E-state index is -1.14. The molecule has 6 heteroatoms. The summed E-state index contributed by atoms with van der Waals surface area (Å²) in [6.45, 7) is 1.88. The highest BCUT2D eigenvalue weighted by molar-refractivity contribution is 5.96. The summed E-state index contributed by atoms with van der Waals surface area (Å²) in [5.41, 5.74) is 0. The normalized spacial score (nSPS) is 21.2. The zero-order valence-electron chi connectivity index (χ0n) is 10.7. The van der Waals surface area contributed by atoms with E-state index in [1.165, 1.54) is 18.9 Å². The summed E-state index contributed by atoms with van der Waals surface area (Å²) in [6, 6.07) is -0.236. The molecule has 1 aliphatic rings. The average Bonchev–Trinajstić information content (AvgIpc) is 2.37. The van der Waals surface area contributed by atoms with E-state index in [9.17, 15) is 14.4 Å². The first-order chi connectivity index (χ1) is 8.47. The number of ether oxygens (including phenoxy) is 1. The first-order valence-electron chi connectivity index (χ1n) is 6.07. The Bertz CT molecular complexity index is 341. The fraction of sp³-hybridized carbons (Fsp3) is 0.750. The van der Waals surface area contributed by atoms with Crippen LogP contribution < -0.4 is 0 Å². The quantitative estimate of drug-likeness (QED) is 0.590. The number of hydrogen-bond donors (Lipinski definition) is 1. The van der Waals surface area contributed by atoms with Crippen molar-refractivity contribution in [2.24, 2.45) is 5.92 Å². The van der Waals surface area contributed by atoms with Crippen molar-refractivity contribution in [2.75, 3.05) is 13.7 Å². The Morgan fingerprint density at radius 2 is 2.06 bits per heavy atom. The predicted molar refractivity (Wildman–Crippen MR) is 62.8 cm³/mol. The number of piperidine rings is 1. The molecule has 6 nitrogen and oxygen atoms in total. The molecule has 0 aromatic heterocycles. The van der Waals surface area contributed by atoms with Crippen LogP contribution in [0.3, 0.4) is 0 Å². The van der Waals surface area contributed by atoms with Crippen molar-refractivity contribution in [3.63, 3.8) is 0 Å². The maximum absolute atomic E-state index is 12.0. The molecule has 2 unspecified atom stereocenters. The van der Waals surface area contributed by atoms with E-state index in [-0.39, 0.29) is 18.4 Å². The van der Waals surface area contributed by atoms with Crippen molar-refractivity contribution in [3.05, 3.63) is 0 Å². The fourth-order valence-electron chi connectivity index (χ4n) is 2.13. The highest BCUT2D eigenvalue weighted by Gasteiger charge is 2.33. The van der Waals surface area contributed by atoms with Crippen molar-refractivity contribution < 1.29 is 24.2 Å². The number of carbonyl (C=O) groups excluding carboxylic acids is 2. The predicted octanol–water partition coefficient (Wildman–Crippen LogP) is 0.651. The molecule has 102 valence electrons. The van der Waals surface area contributed by atoms with Gasteiger partial charge in [0.05, 0.1) is 13.5 Å². The molecule has 0 saturated carbocycles. The molecule has 1 rings (SSSR count). The topological polar surface area (TPSA) is 83.9 Å². The van der Waals surface area contributed by atoms with Gasteiger partial charge in [-0.3, -0.25) is 14.4 Å². The maximum Gasteiger partial charge on any atom is 0.315 e. The van der Waals surface area contributed by atoms with Gasteiger partial charge >= 0.3 is 11.9 Å². The molecule has 1 aliphatic heterocycles. The van der Waals surface area contributed by atoms with Crippen LogP contribution in [0.15, 0.2) is 0 Å². The Balaban J connectivity index is 2.72. The SMILES string of the molecule is COC(=O)CC1CCCCN1C(=O)C(C)C(=O)O. The molecule has 0 aromatic carbocycles. The van der Waals surface area contributed by atoms with Crippen LogP contribution in [0.25, 0.3) is 0 Å². The second-order valence-corrected chi connectivity index (χ2v) is 4.52. The number of rotatable bonds is 4. The summed E-state index contributed by atoms with van der Waals surface area (Å²) in [5.74, 6) is -3.00. The summed E-state index contributed by atoms with van der Waals surface area (Å²) >= 11 is 0. The molecular weight excluding hydrogens is 238 g/mol. The number of esters is 1. The van der Waals surface area contributed by atoms with E-state index in [1.807, 2.05) is 0 Å². The number of methoxy groups -OCH3 is 1. The van der Waals surface area contributed by atoms with Crippen molar-refractivity contribution >= 4 is 17.8 Å². The number of likely N-dealkylation sites (tertiary alicyclic amines) is 1. The summed E-state index contributed by atoms with van der Waals surface area (Å²) in [4.78, 5) is 35.6. The second kappa shape index (κ2) is 6.37. The van der Waals surface area contributed by atoms with Crippen LogP contribution >= 0.6 is 0 Å². The van der Waals surface area contributed by atoms with Gasteiger partial charge in [-0.05, 0) is 26.2 Å². The molecule has 1 heterocycles. The van der Waals surface area contributed by atoms with E-state index in [0.29, 0.717) is 13.0 Å². The Labute approximate surface area is 106 Å². The lowest BCUT2D eigenvalue weighted by atomic mass is 9.97. The molecule has 0 aromatic rings. The number of carboxylic acids is 1. The minimum Gasteiger partial charge on any atom is -0.481 e. The molecule has 1 amide bonds. The van der Waals surface area contributed by atoms with E-state index < -0.39 is 17.8 Å². The van der Waals surface area contributed by atoms with Gasteiger partial charge in [-0.1, -0.05) is 0 Å². The molecular formula is C12H19NO5. The third-order valence-electron chi connectivity index (χ3n) is 3.28. The smallest absolute Gasteiger partial charge is 0.315 e. The average molecular weight is 257 g/mol. The molecule has 18 heavy (non-hydrogen) atoms. The summed E-state index contributed by atoms with van der Waals surface area (Å²) in [5, 5.41) is 8.86. The van der Waals surface area contributed by atoms with Crippen LogP contribution in [0, 0.1) is 5.92 Å². The maximum atomic E-state index is 12.0. The first-order valence-corrected chi connectivity index (χ1v) is 6.07. The van der Waals surface area contributed by atoms with E-state index in [0.717, 1.165) is 12.8 Å². The third-order valence-corrected chi connectivity index (χ3v) is 3.28. The van der Waals surface area contributed by atoms with Crippen LogP contribution in [0.2, 0.25) is 0 Å². The number of aliphatic carboxylic acids is 1. The Kier molecular flexibility index (Phi) is 5.12. The van der Waals surface area contributed by atoms with Crippen molar-refractivity contribution in [1.82, 2.24) is 4.90 Å². The lowest BCUT2D eigenvalue weighted by Gasteiger charge is -2.36. The standard InChI is InChI=1S/C12H19NO5/c1-8(12(16)17)11(15)13-6-4-3-5-9(13)7-10(14)18-2/h8-9H,3-7H2,1-2H3,(H,16,17). The molecule has 0 aliphatic carbocycles. The summed E-state index contributed by atoms with van der Waals surface area (Å²) in [7, 11) is 1.30. The summed E-state index contributed by atoms with van der Waals surface area (Å²) < 4.78 is 4.60. The third kappa shape index (κ3) is 3.45. The van der Waals surface area contributed by atoms with Gasteiger partial charge in [0.15, 0.2) is 0 Å². The zero-order chi connectivity index (χ0) is 13.7. The monoisotopic (exact) mass is 257 g/mol. The Hall–Kier alpha value is -1.59. The lowest BCUT2D eigenvalue weighted by Crippen LogP contribution is -2.48. The molecule has 1 N–H and O–H groups in total. The van der Waals surface area contributed by atoms with E-state index in [1.54, 1.807) is 0 Å². The Morgan fingerprint density at radius 3 is 2.61 bits per heavy atom. The zero-order valence-corrected chi connectivity index (χ0v) is 10.7. The number of carboxylic acid groups (broad SMARTS) is 1. The van der Waals surface area contributed by atoms with E-state index >= 15 is 0 Å². The number of carbonyl (C=O) groups is 3. The van der Waals surface area contributed by atoms with Crippen LogP contribution in [0.1, 0.15) is 32.6 Å². The van der Waals surface area contributed by atoms with Gasteiger partial charge < -0.3 is 14.7 Å². The van der Waals surface area contributed by atoms with Crippen LogP contribution in [0.4, 0.5) is 0 Å². The lowest BCUT2D eigenvalue weighted by molar-refractivity contribution is -0.153. The number of nitrogens with zero attached hydrogens (tertiary/aromatic N) is 1. The van der Waals surface area contributed by atoms with E-state index in [4.69, 9.17) is 5.11 Å². The highest BCUT2D eigenvalue weighted by Crippen LogP contribution is 2.22. The van der Waals surface area contributed by atoms with Gasteiger partial charge in [-0.15, -0.1) is 0 Å². The molecule has 0 radical (unpaired) electrons.